The van der Waals surface area contributed by atoms with Crippen LogP contribution in [-0.4, -0.2) is 39.3 Å². The first kappa shape index (κ1) is 15.3. The van der Waals surface area contributed by atoms with Crippen molar-refractivity contribution in [3.8, 4) is 0 Å². The lowest BCUT2D eigenvalue weighted by molar-refractivity contribution is 0.288. The molecule has 0 radical (unpaired) electrons. The zero-order chi connectivity index (χ0) is 15.4. The van der Waals surface area contributed by atoms with E-state index in [0.29, 0.717) is 6.54 Å². The van der Waals surface area contributed by atoms with E-state index >= 15 is 0 Å². The molecule has 6 nitrogen and oxygen atoms in total. The summed E-state index contributed by atoms with van der Waals surface area (Å²) in [5.74, 6) is 0.255. The van der Waals surface area contributed by atoms with E-state index in [1.54, 1.807) is 0 Å². The molecule has 0 aliphatic rings. The van der Waals surface area contributed by atoms with Crippen molar-refractivity contribution in [1.29, 1.82) is 0 Å². The molecule has 21 heavy (non-hydrogen) atoms. The average molecular weight is 289 g/mol. The SMILES string of the molecule is CCn1nc(CN(C)CC(C)C(N)=NO)c2ccccc21. The number of benzene rings is 1. The Hall–Kier alpha value is -2.08. The third-order valence-corrected chi connectivity index (χ3v) is 3.66. The van der Waals surface area contributed by atoms with Crippen LogP contribution in [0.2, 0.25) is 0 Å². The fraction of sp³-hybridized carbons (Fsp3) is 0.467. The highest BCUT2D eigenvalue weighted by Crippen LogP contribution is 2.19. The van der Waals surface area contributed by atoms with E-state index in [9.17, 15) is 0 Å². The molecule has 1 aromatic carbocycles. The number of nitrogens with two attached hydrogens (primary N) is 1. The van der Waals surface area contributed by atoms with Crippen LogP contribution in [-0.2, 0) is 13.1 Å². The van der Waals surface area contributed by atoms with E-state index < -0.39 is 0 Å². The first-order valence-electron chi connectivity index (χ1n) is 7.17. The molecule has 1 unspecified atom stereocenters. The molecule has 0 aliphatic carbocycles. The first-order valence-corrected chi connectivity index (χ1v) is 7.17. The number of aromatic nitrogens is 2. The molecule has 0 saturated heterocycles. The summed E-state index contributed by atoms with van der Waals surface area (Å²) < 4.78 is 2.02. The van der Waals surface area contributed by atoms with Crippen molar-refractivity contribution >= 4 is 16.7 Å². The van der Waals surface area contributed by atoms with Crippen LogP contribution < -0.4 is 5.73 Å². The minimum absolute atomic E-state index is 0.000440. The topological polar surface area (TPSA) is 79.7 Å². The summed E-state index contributed by atoms with van der Waals surface area (Å²) >= 11 is 0. The molecule has 0 bridgehead atoms. The summed E-state index contributed by atoms with van der Waals surface area (Å²) in [5, 5.41) is 17.6. The predicted octanol–water partition coefficient (Wildman–Crippen LogP) is 1.87. The molecule has 2 rings (SSSR count). The Labute approximate surface area is 124 Å². The molecule has 1 heterocycles. The lowest BCUT2D eigenvalue weighted by Gasteiger charge is -2.19. The van der Waals surface area contributed by atoms with Crippen LogP contribution >= 0.6 is 0 Å². The Kier molecular flexibility index (Phi) is 4.80. The van der Waals surface area contributed by atoms with Gasteiger partial charge >= 0.3 is 0 Å². The number of hydrogen-bond acceptors (Lipinski definition) is 4. The number of nitrogens with zero attached hydrogens (tertiary/aromatic N) is 4. The number of aryl methyl sites for hydroxylation is 1. The van der Waals surface area contributed by atoms with Gasteiger partial charge in [0.2, 0.25) is 0 Å². The Morgan fingerprint density at radius 3 is 2.86 bits per heavy atom. The molecule has 0 saturated carbocycles. The van der Waals surface area contributed by atoms with Gasteiger partial charge in [-0.05, 0) is 20.0 Å². The molecule has 114 valence electrons. The fourth-order valence-corrected chi connectivity index (χ4v) is 2.53. The van der Waals surface area contributed by atoms with Gasteiger partial charge in [-0.2, -0.15) is 5.10 Å². The van der Waals surface area contributed by atoms with Crippen molar-refractivity contribution in [3.05, 3.63) is 30.0 Å². The van der Waals surface area contributed by atoms with E-state index in [2.05, 4.69) is 34.2 Å². The van der Waals surface area contributed by atoms with Crippen LogP contribution in [0.3, 0.4) is 0 Å². The lowest BCUT2D eigenvalue weighted by Crippen LogP contribution is -2.32. The largest absolute Gasteiger partial charge is 0.409 e. The Morgan fingerprint density at radius 2 is 2.19 bits per heavy atom. The third-order valence-electron chi connectivity index (χ3n) is 3.66. The second-order valence-electron chi connectivity index (χ2n) is 5.40. The van der Waals surface area contributed by atoms with Crippen molar-refractivity contribution < 1.29 is 5.21 Å². The Balaban J connectivity index is 2.16. The van der Waals surface area contributed by atoms with Crippen LogP contribution in [0.25, 0.3) is 10.9 Å². The smallest absolute Gasteiger partial charge is 0.143 e. The van der Waals surface area contributed by atoms with Gasteiger partial charge in [0.1, 0.15) is 5.84 Å². The van der Waals surface area contributed by atoms with Gasteiger partial charge in [0.05, 0.1) is 11.2 Å². The quantitative estimate of drug-likeness (QED) is 0.368. The standard InChI is InChI=1S/C15H23N5O/c1-4-20-14-8-6-5-7-12(14)13(17-20)10-19(3)9-11(2)15(16)18-21/h5-8,11,21H,4,9-10H2,1-3H3,(H2,16,18). The van der Waals surface area contributed by atoms with Crippen LogP contribution in [0, 0.1) is 5.92 Å². The van der Waals surface area contributed by atoms with Gasteiger partial charge in [0.15, 0.2) is 0 Å². The lowest BCUT2D eigenvalue weighted by atomic mass is 10.1. The molecule has 1 aromatic heterocycles. The number of hydrogen-bond donors (Lipinski definition) is 2. The maximum Gasteiger partial charge on any atom is 0.143 e. The second-order valence-corrected chi connectivity index (χ2v) is 5.40. The Bertz CT molecular complexity index is 634. The summed E-state index contributed by atoms with van der Waals surface area (Å²) in [6.07, 6.45) is 0. The van der Waals surface area contributed by atoms with Crippen molar-refractivity contribution in [1.82, 2.24) is 14.7 Å². The van der Waals surface area contributed by atoms with Crippen molar-refractivity contribution in [3.63, 3.8) is 0 Å². The molecular weight excluding hydrogens is 266 g/mol. The van der Waals surface area contributed by atoms with Crippen molar-refractivity contribution in [2.45, 2.75) is 26.9 Å². The molecule has 2 aromatic rings. The number of rotatable bonds is 6. The molecule has 6 heteroatoms. The average Bonchev–Trinajstić information content (AvgIpc) is 2.84. The summed E-state index contributed by atoms with van der Waals surface area (Å²) in [6.45, 7) is 6.33. The maximum absolute atomic E-state index is 8.71. The summed E-state index contributed by atoms with van der Waals surface area (Å²) in [4.78, 5) is 2.14. The Morgan fingerprint density at radius 1 is 1.48 bits per heavy atom. The van der Waals surface area contributed by atoms with E-state index in [0.717, 1.165) is 24.3 Å². The molecule has 0 aliphatic heterocycles. The first-order chi connectivity index (χ1) is 10.1. The minimum Gasteiger partial charge on any atom is -0.409 e. The van der Waals surface area contributed by atoms with Gasteiger partial charge < -0.3 is 10.9 Å². The van der Waals surface area contributed by atoms with E-state index in [1.165, 1.54) is 5.39 Å². The summed E-state index contributed by atoms with van der Waals surface area (Å²) in [5.41, 5.74) is 7.85. The van der Waals surface area contributed by atoms with E-state index in [-0.39, 0.29) is 11.8 Å². The van der Waals surface area contributed by atoms with Crippen LogP contribution in [0.15, 0.2) is 29.4 Å². The van der Waals surface area contributed by atoms with Crippen LogP contribution in [0.5, 0.6) is 0 Å². The zero-order valence-electron chi connectivity index (χ0n) is 12.8. The molecule has 0 amide bonds. The van der Waals surface area contributed by atoms with Gasteiger partial charge in [0, 0.05) is 30.9 Å². The maximum atomic E-state index is 8.71. The van der Waals surface area contributed by atoms with Gasteiger partial charge in [-0.15, -0.1) is 0 Å². The zero-order valence-corrected chi connectivity index (χ0v) is 12.8. The highest BCUT2D eigenvalue weighted by Gasteiger charge is 2.14. The van der Waals surface area contributed by atoms with Crippen molar-refractivity contribution in [2.75, 3.05) is 13.6 Å². The molecule has 1 atom stereocenters. The highest BCUT2D eigenvalue weighted by atomic mass is 16.4. The van der Waals surface area contributed by atoms with Crippen molar-refractivity contribution in [2.24, 2.45) is 16.8 Å². The molecular formula is C15H23N5O. The van der Waals surface area contributed by atoms with Gasteiger partial charge in [-0.3, -0.25) is 9.58 Å². The number of fused-ring (bicyclic) bond motifs is 1. The van der Waals surface area contributed by atoms with Gasteiger partial charge in [-0.1, -0.05) is 30.3 Å². The van der Waals surface area contributed by atoms with E-state index in [1.807, 2.05) is 30.8 Å². The minimum atomic E-state index is -0.000440. The number of para-hydroxylation sites is 1. The summed E-state index contributed by atoms with van der Waals surface area (Å²) in [7, 11) is 2.01. The number of amidine groups is 1. The molecule has 0 fully saturated rings. The fourth-order valence-electron chi connectivity index (χ4n) is 2.53. The molecule has 0 spiro atoms. The van der Waals surface area contributed by atoms with Crippen LogP contribution in [0.4, 0.5) is 0 Å². The summed E-state index contributed by atoms with van der Waals surface area (Å²) in [6, 6.07) is 8.26. The van der Waals surface area contributed by atoms with E-state index in [4.69, 9.17) is 10.9 Å². The normalized spacial score (nSPS) is 14.0. The highest BCUT2D eigenvalue weighted by molar-refractivity contribution is 5.82. The van der Waals surface area contributed by atoms with Gasteiger partial charge in [0.25, 0.3) is 0 Å². The second kappa shape index (κ2) is 6.58. The van der Waals surface area contributed by atoms with Gasteiger partial charge in [-0.25, -0.2) is 0 Å². The monoisotopic (exact) mass is 289 g/mol. The number of oxime groups is 1. The van der Waals surface area contributed by atoms with Crippen LogP contribution in [0.1, 0.15) is 19.5 Å². The third kappa shape index (κ3) is 3.33. The molecule has 3 N–H and O–H groups in total. The predicted molar refractivity (Wildman–Crippen MR) is 84.3 cm³/mol.